The first-order chi connectivity index (χ1) is 13.6. The minimum Gasteiger partial charge on any atom is -0.496 e. The number of hydrogen-bond acceptors (Lipinski definition) is 5. The first kappa shape index (κ1) is 19.6. The highest BCUT2D eigenvalue weighted by atomic mass is 16.5. The molecule has 0 aliphatic carbocycles. The number of rotatable bonds is 8. The van der Waals surface area contributed by atoms with Gasteiger partial charge in [0.15, 0.2) is 5.76 Å². The van der Waals surface area contributed by atoms with Gasteiger partial charge in [-0.2, -0.15) is 0 Å². The van der Waals surface area contributed by atoms with E-state index in [1.807, 2.05) is 61.5 Å². The summed E-state index contributed by atoms with van der Waals surface area (Å²) < 4.78 is 16.0. The van der Waals surface area contributed by atoms with E-state index < -0.39 is 0 Å². The van der Waals surface area contributed by atoms with Crippen molar-refractivity contribution in [3.8, 4) is 17.1 Å². The van der Waals surface area contributed by atoms with Crippen molar-refractivity contribution < 1.29 is 18.8 Å². The van der Waals surface area contributed by atoms with Crippen molar-refractivity contribution in [2.45, 2.75) is 13.5 Å². The maximum atomic E-state index is 12.9. The Hall–Kier alpha value is -3.12. The molecule has 1 heterocycles. The molecule has 6 heteroatoms. The van der Waals surface area contributed by atoms with Gasteiger partial charge in [-0.3, -0.25) is 4.79 Å². The Balaban J connectivity index is 1.80. The maximum Gasteiger partial charge on any atom is 0.254 e. The number of hydrogen-bond donors (Lipinski definition) is 0. The molecule has 0 saturated carbocycles. The monoisotopic (exact) mass is 380 g/mol. The Bertz CT molecular complexity index is 918. The molecule has 146 valence electrons. The molecule has 0 bridgehead atoms. The lowest BCUT2D eigenvalue weighted by atomic mass is 10.1. The van der Waals surface area contributed by atoms with E-state index in [1.165, 1.54) is 0 Å². The number of para-hydroxylation sites is 1. The third-order valence-electron chi connectivity index (χ3n) is 4.44. The molecule has 3 rings (SSSR count). The Morgan fingerprint density at radius 3 is 2.57 bits per heavy atom. The minimum absolute atomic E-state index is 0.0705. The van der Waals surface area contributed by atoms with Gasteiger partial charge in [-0.15, -0.1) is 0 Å². The highest BCUT2D eigenvalue weighted by Crippen LogP contribution is 2.30. The zero-order valence-electron chi connectivity index (χ0n) is 16.3. The van der Waals surface area contributed by atoms with Crippen molar-refractivity contribution in [1.82, 2.24) is 10.1 Å². The Kier molecular flexibility index (Phi) is 6.45. The molecule has 0 N–H and O–H groups in total. The SMILES string of the molecule is COCCN(Cc1cc(-c2ccccc2OC)on1)C(=O)c1ccc(C)cc1. The number of carbonyl (C=O) groups is 1. The predicted molar refractivity (Wildman–Crippen MR) is 106 cm³/mol. The van der Waals surface area contributed by atoms with E-state index >= 15 is 0 Å². The molecule has 0 saturated heterocycles. The average Bonchev–Trinajstić information content (AvgIpc) is 3.19. The lowest BCUT2D eigenvalue weighted by Gasteiger charge is -2.21. The first-order valence-corrected chi connectivity index (χ1v) is 9.06. The highest BCUT2D eigenvalue weighted by molar-refractivity contribution is 5.94. The van der Waals surface area contributed by atoms with Gasteiger partial charge in [-0.05, 0) is 31.2 Å². The molecule has 0 atom stereocenters. The summed E-state index contributed by atoms with van der Waals surface area (Å²) in [4.78, 5) is 14.6. The van der Waals surface area contributed by atoms with Crippen LogP contribution in [0.15, 0.2) is 59.1 Å². The lowest BCUT2D eigenvalue weighted by molar-refractivity contribution is 0.0676. The van der Waals surface area contributed by atoms with Crippen LogP contribution in [0.1, 0.15) is 21.6 Å². The normalized spacial score (nSPS) is 10.7. The van der Waals surface area contributed by atoms with Crippen LogP contribution in [0, 0.1) is 6.92 Å². The first-order valence-electron chi connectivity index (χ1n) is 9.06. The molecule has 28 heavy (non-hydrogen) atoms. The number of ether oxygens (including phenoxy) is 2. The second-order valence-electron chi connectivity index (χ2n) is 6.47. The van der Waals surface area contributed by atoms with Crippen LogP contribution in [0.3, 0.4) is 0 Å². The Labute approximate surface area is 164 Å². The molecule has 0 radical (unpaired) electrons. The van der Waals surface area contributed by atoms with Crippen LogP contribution in [-0.4, -0.2) is 43.3 Å². The summed E-state index contributed by atoms with van der Waals surface area (Å²) in [6, 6.07) is 16.9. The lowest BCUT2D eigenvalue weighted by Crippen LogP contribution is -2.33. The molecule has 0 aliphatic heterocycles. The van der Waals surface area contributed by atoms with Crippen LogP contribution in [-0.2, 0) is 11.3 Å². The summed E-state index contributed by atoms with van der Waals surface area (Å²) in [6.45, 7) is 3.22. The number of aromatic nitrogens is 1. The van der Waals surface area contributed by atoms with Crippen LogP contribution in [0.25, 0.3) is 11.3 Å². The van der Waals surface area contributed by atoms with Crippen LogP contribution in [0.2, 0.25) is 0 Å². The summed E-state index contributed by atoms with van der Waals surface area (Å²) in [6.07, 6.45) is 0. The minimum atomic E-state index is -0.0705. The molecule has 0 unspecified atom stereocenters. The fourth-order valence-corrected chi connectivity index (χ4v) is 2.89. The van der Waals surface area contributed by atoms with Crippen molar-refractivity contribution in [2.24, 2.45) is 0 Å². The number of amides is 1. The van der Waals surface area contributed by atoms with Crippen molar-refractivity contribution in [3.05, 3.63) is 71.4 Å². The fourth-order valence-electron chi connectivity index (χ4n) is 2.89. The van der Waals surface area contributed by atoms with Crippen molar-refractivity contribution >= 4 is 5.91 Å². The summed E-state index contributed by atoms with van der Waals surface area (Å²) in [5.41, 5.74) is 3.22. The van der Waals surface area contributed by atoms with Gasteiger partial charge < -0.3 is 18.9 Å². The molecule has 3 aromatic rings. The van der Waals surface area contributed by atoms with Crippen molar-refractivity contribution in [2.75, 3.05) is 27.4 Å². The van der Waals surface area contributed by atoms with E-state index in [0.717, 1.165) is 11.1 Å². The van der Waals surface area contributed by atoms with Crippen LogP contribution < -0.4 is 4.74 Å². The Morgan fingerprint density at radius 1 is 1.11 bits per heavy atom. The van der Waals surface area contributed by atoms with E-state index in [-0.39, 0.29) is 5.91 Å². The van der Waals surface area contributed by atoms with E-state index in [2.05, 4.69) is 5.16 Å². The zero-order valence-corrected chi connectivity index (χ0v) is 16.3. The topological polar surface area (TPSA) is 64.8 Å². The van der Waals surface area contributed by atoms with Gasteiger partial charge in [-0.1, -0.05) is 35.0 Å². The summed E-state index contributed by atoms with van der Waals surface area (Å²) in [5.74, 6) is 1.23. The third-order valence-corrected chi connectivity index (χ3v) is 4.44. The van der Waals surface area contributed by atoms with E-state index in [9.17, 15) is 4.79 Å². The molecule has 0 spiro atoms. The number of carbonyl (C=O) groups excluding carboxylic acids is 1. The second-order valence-corrected chi connectivity index (χ2v) is 6.47. The summed E-state index contributed by atoms with van der Waals surface area (Å²) in [5, 5.41) is 4.14. The molecule has 0 aliphatic rings. The third kappa shape index (κ3) is 4.58. The molecule has 0 fully saturated rings. The largest absolute Gasteiger partial charge is 0.496 e. The number of benzene rings is 2. The van der Waals surface area contributed by atoms with Gasteiger partial charge in [0.2, 0.25) is 0 Å². The van der Waals surface area contributed by atoms with E-state index in [4.69, 9.17) is 14.0 Å². The van der Waals surface area contributed by atoms with Gasteiger partial charge in [0, 0.05) is 25.3 Å². The molecular weight excluding hydrogens is 356 g/mol. The number of aryl methyl sites for hydroxylation is 1. The van der Waals surface area contributed by atoms with Gasteiger partial charge in [0.05, 0.1) is 25.8 Å². The van der Waals surface area contributed by atoms with Crippen molar-refractivity contribution in [3.63, 3.8) is 0 Å². The number of nitrogens with zero attached hydrogens (tertiary/aromatic N) is 2. The van der Waals surface area contributed by atoms with Crippen LogP contribution in [0.5, 0.6) is 5.75 Å². The maximum absolute atomic E-state index is 12.9. The van der Waals surface area contributed by atoms with Gasteiger partial charge >= 0.3 is 0 Å². The van der Waals surface area contributed by atoms with Gasteiger partial charge in [0.25, 0.3) is 5.91 Å². The van der Waals surface area contributed by atoms with Gasteiger partial charge in [-0.25, -0.2) is 0 Å². The van der Waals surface area contributed by atoms with E-state index in [0.29, 0.717) is 42.5 Å². The zero-order chi connectivity index (χ0) is 19.9. The van der Waals surface area contributed by atoms with E-state index in [1.54, 1.807) is 19.1 Å². The predicted octanol–water partition coefficient (Wildman–Crippen LogP) is 3.95. The number of methoxy groups -OCH3 is 2. The molecule has 6 nitrogen and oxygen atoms in total. The highest BCUT2D eigenvalue weighted by Gasteiger charge is 2.19. The molecular formula is C22H24N2O4. The average molecular weight is 380 g/mol. The van der Waals surface area contributed by atoms with Crippen LogP contribution >= 0.6 is 0 Å². The second kappa shape index (κ2) is 9.19. The molecule has 1 aromatic heterocycles. The summed E-state index contributed by atoms with van der Waals surface area (Å²) in [7, 11) is 3.23. The van der Waals surface area contributed by atoms with Crippen LogP contribution in [0.4, 0.5) is 0 Å². The van der Waals surface area contributed by atoms with Crippen molar-refractivity contribution in [1.29, 1.82) is 0 Å². The standard InChI is InChI=1S/C22H24N2O4/c1-16-8-10-17(11-9-16)22(25)24(12-13-26-2)15-18-14-21(28-23-18)19-6-4-5-7-20(19)27-3/h4-11,14H,12-13,15H2,1-3H3. The Morgan fingerprint density at radius 2 is 1.86 bits per heavy atom. The van der Waals surface area contributed by atoms with Gasteiger partial charge in [0.1, 0.15) is 11.4 Å². The fraction of sp³-hybridized carbons (Fsp3) is 0.273. The molecule has 2 aromatic carbocycles. The quantitative estimate of drug-likeness (QED) is 0.592. The smallest absolute Gasteiger partial charge is 0.254 e. The summed E-state index contributed by atoms with van der Waals surface area (Å²) >= 11 is 0. The molecule has 1 amide bonds.